The van der Waals surface area contributed by atoms with Crippen molar-refractivity contribution in [3.63, 3.8) is 0 Å². The van der Waals surface area contributed by atoms with E-state index in [0.29, 0.717) is 4.47 Å². The van der Waals surface area contributed by atoms with E-state index in [0.717, 1.165) is 38.0 Å². The fourth-order valence-electron chi connectivity index (χ4n) is 2.12. The Kier molecular flexibility index (Phi) is 4.14. The Morgan fingerprint density at radius 1 is 1.41 bits per heavy atom. The summed E-state index contributed by atoms with van der Waals surface area (Å²) in [6.07, 6.45) is 1.89. The van der Waals surface area contributed by atoms with E-state index in [1.807, 2.05) is 12.1 Å². The third kappa shape index (κ3) is 3.27. The van der Waals surface area contributed by atoms with Crippen LogP contribution in [0.15, 0.2) is 22.7 Å². The third-order valence-electron chi connectivity index (χ3n) is 3.16. The Labute approximate surface area is 109 Å². The van der Waals surface area contributed by atoms with Gasteiger partial charge in [-0.05, 0) is 59.6 Å². The standard InChI is InChI=1S/C13H14BrFN2/c14-12-7-11(1-2-13(12)15)9-17-5-3-10(8-16)4-6-17/h1-2,7,10H,3-6,9H2. The zero-order valence-electron chi connectivity index (χ0n) is 9.50. The Hall–Kier alpha value is -0.920. The van der Waals surface area contributed by atoms with Gasteiger partial charge in [0.2, 0.25) is 0 Å². The lowest BCUT2D eigenvalue weighted by Gasteiger charge is -2.29. The summed E-state index contributed by atoms with van der Waals surface area (Å²) in [5, 5.41) is 8.82. The number of rotatable bonds is 2. The van der Waals surface area contributed by atoms with E-state index in [-0.39, 0.29) is 11.7 Å². The zero-order valence-corrected chi connectivity index (χ0v) is 11.1. The highest BCUT2D eigenvalue weighted by Gasteiger charge is 2.18. The van der Waals surface area contributed by atoms with Crippen LogP contribution in [0.25, 0.3) is 0 Å². The minimum atomic E-state index is -0.225. The van der Waals surface area contributed by atoms with Crippen LogP contribution in [0.4, 0.5) is 4.39 Å². The maximum absolute atomic E-state index is 13.1. The molecule has 1 aromatic carbocycles. The third-order valence-corrected chi connectivity index (χ3v) is 3.77. The number of hydrogen-bond acceptors (Lipinski definition) is 2. The Morgan fingerprint density at radius 2 is 2.12 bits per heavy atom. The van der Waals surface area contributed by atoms with Crippen molar-refractivity contribution in [2.24, 2.45) is 5.92 Å². The molecule has 1 aromatic rings. The molecule has 1 fully saturated rings. The van der Waals surface area contributed by atoms with E-state index in [9.17, 15) is 4.39 Å². The summed E-state index contributed by atoms with van der Waals surface area (Å²) in [6.45, 7) is 2.73. The van der Waals surface area contributed by atoms with E-state index in [2.05, 4.69) is 26.9 Å². The van der Waals surface area contributed by atoms with Gasteiger partial charge in [-0.25, -0.2) is 4.39 Å². The van der Waals surface area contributed by atoms with Gasteiger partial charge in [0.1, 0.15) is 5.82 Å². The second-order valence-electron chi connectivity index (χ2n) is 4.43. The predicted octanol–water partition coefficient (Wildman–Crippen LogP) is 3.32. The van der Waals surface area contributed by atoms with Crippen LogP contribution in [0.3, 0.4) is 0 Å². The van der Waals surface area contributed by atoms with Crippen molar-refractivity contribution in [3.8, 4) is 6.07 Å². The number of benzene rings is 1. The van der Waals surface area contributed by atoms with Gasteiger partial charge in [-0.2, -0.15) is 5.26 Å². The maximum Gasteiger partial charge on any atom is 0.137 e. The molecule has 17 heavy (non-hydrogen) atoms. The lowest BCUT2D eigenvalue weighted by atomic mass is 9.98. The van der Waals surface area contributed by atoms with Crippen LogP contribution in [0.2, 0.25) is 0 Å². The van der Waals surface area contributed by atoms with Crippen molar-refractivity contribution in [3.05, 3.63) is 34.1 Å². The summed E-state index contributed by atoms with van der Waals surface area (Å²) in [7, 11) is 0. The summed E-state index contributed by atoms with van der Waals surface area (Å²) in [5.74, 6) is -0.0110. The average molecular weight is 297 g/mol. The van der Waals surface area contributed by atoms with Crippen LogP contribution in [-0.4, -0.2) is 18.0 Å². The summed E-state index contributed by atoms with van der Waals surface area (Å²) in [6, 6.07) is 7.45. The lowest BCUT2D eigenvalue weighted by Crippen LogP contribution is -2.32. The molecule has 0 atom stereocenters. The molecule has 1 aliphatic heterocycles. The van der Waals surface area contributed by atoms with Gasteiger partial charge < -0.3 is 0 Å². The van der Waals surface area contributed by atoms with Crippen LogP contribution in [-0.2, 0) is 6.54 Å². The van der Waals surface area contributed by atoms with E-state index < -0.39 is 0 Å². The average Bonchev–Trinajstić information content (AvgIpc) is 2.35. The Morgan fingerprint density at radius 3 is 2.71 bits per heavy atom. The molecule has 90 valence electrons. The minimum absolute atomic E-state index is 0.214. The van der Waals surface area contributed by atoms with Crippen LogP contribution in [0.1, 0.15) is 18.4 Å². The van der Waals surface area contributed by atoms with Crippen molar-refractivity contribution >= 4 is 15.9 Å². The minimum Gasteiger partial charge on any atom is -0.299 e. The smallest absolute Gasteiger partial charge is 0.137 e. The van der Waals surface area contributed by atoms with Gasteiger partial charge in [0.15, 0.2) is 0 Å². The molecule has 2 nitrogen and oxygen atoms in total. The van der Waals surface area contributed by atoms with E-state index in [4.69, 9.17) is 5.26 Å². The molecule has 0 radical (unpaired) electrons. The lowest BCUT2D eigenvalue weighted by molar-refractivity contribution is 0.198. The molecule has 1 saturated heterocycles. The molecular weight excluding hydrogens is 283 g/mol. The van der Waals surface area contributed by atoms with Crippen molar-refractivity contribution in [1.82, 2.24) is 4.90 Å². The number of hydrogen-bond donors (Lipinski definition) is 0. The van der Waals surface area contributed by atoms with Crippen LogP contribution in [0, 0.1) is 23.1 Å². The number of piperidine rings is 1. The molecule has 0 N–H and O–H groups in total. The van der Waals surface area contributed by atoms with E-state index in [1.54, 1.807) is 0 Å². The molecule has 0 aliphatic carbocycles. The SMILES string of the molecule is N#CC1CCN(Cc2ccc(F)c(Br)c2)CC1. The first-order chi connectivity index (χ1) is 8.19. The topological polar surface area (TPSA) is 27.0 Å². The number of halogens is 2. The van der Waals surface area contributed by atoms with E-state index in [1.165, 1.54) is 6.07 Å². The monoisotopic (exact) mass is 296 g/mol. The van der Waals surface area contributed by atoms with Gasteiger partial charge >= 0.3 is 0 Å². The van der Waals surface area contributed by atoms with E-state index >= 15 is 0 Å². The molecule has 0 spiro atoms. The maximum atomic E-state index is 13.1. The molecule has 1 aliphatic rings. The summed E-state index contributed by atoms with van der Waals surface area (Å²) in [4.78, 5) is 2.31. The summed E-state index contributed by atoms with van der Waals surface area (Å²) in [5.41, 5.74) is 1.11. The molecular formula is C13H14BrFN2. The molecule has 0 unspecified atom stereocenters. The molecule has 0 saturated carbocycles. The molecule has 1 heterocycles. The summed E-state index contributed by atoms with van der Waals surface area (Å²) >= 11 is 3.20. The summed E-state index contributed by atoms with van der Waals surface area (Å²) < 4.78 is 13.6. The van der Waals surface area contributed by atoms with Gasteiger partial charge in [-0.15, -0.1) is 0 Å². The van der Waals surface area contributed by atoms with Crippen LogP contribution < -0.4 is 0 Å². The quantitative estimate of drug-likeness (QED) is 0.837. The number of likely N-dealkylation sites (tertiary alicyclic amines) is 1. The highest BCUT2D eigenvalue weighted by atomic mass is 79.9. The highest BCUT2D eigenvalue weighted by Crippen LogP contribution is 2.21. The molecule has 2 rings (SSSR count). The van der Waals surface area contributed by atoms with Crippen molar-refractivity contribution in [2.75, 3.05) is 13.1 Å². The predicted molar refractivity (Wildman–Crippen MR) is 67.7 cm³/mol. The second-order valence-corrected chi connectivity index (χ2v) is 5.28. The number of nitriles is 1. The van der Waals surface area contributed by atoms with Gasteiger partial charge in [0, 0.05) is 12.5 Å². The first-order valence-corrected chi connectivity index (χ1v) is 6.54. The highest BCUT2D eigenvalue weighted by molar-refractivity contribution is 9.10. The fourth-order valence-corrected chi connectivity index (χ4v) is 2.54. The molecule has 0 amide bonds. The Bertz CT molecular complexity index is 434. The van der Waals surface area contributed by atoms with Gasteiger partial charge in [-0.1, -0.05) is 6.07 Å². The van der Waals surface area contributed by atoms with Crippen molar-refractivity contribution in [2.45, 2.75) is 19.4 Å². The van der Waals surface area contributed by atoms with Crippen molar-refractivity contribution < 1.29 is 4.39 Å². The first kappa shape index (κ1) is 12.5. The normalized spacial score (nSPS) is 17.9. The molecule has 0 aromatic heterocycles. The second kappa shape index (κ2) is 5.61. The van der Waals surface area contributed by atoms with Crippen LogP contribution >= 0.6 is 15.9 Å². The Balaban J connectivity index is 1.93. The van der Waals surface area contributed by atoms with Crippen molar-refractivity contribution in [1.29, 1.82) is 5.26 Å². The largest absolute Gasteiger partial charge is 0.299 e. The number of nitrogens with zero attached hydrogens (tertiary/aromatic N) is 2. The molecule has 0 bridgehead atoms. The van der Waals surface area contributed by atoms with Gasteiger partial charge in [0.05, 0.1) is 10.5 Å². The first-order valence-electron chi connectivity index (χ1n) is 5.75. The molecule has 4 heteroatoms. The zero-order chi connectivity index (χ0) is 12.3. The van der Waals surface area contributed by atoms with Gasteiger partial charge in [0.25, 0.3) is 0 Å². The van der Waals surface area contributed by atoms with Gasteiger partial charge in [-0.3, -0.25) is 4.90 Å². The van der Waals surface area contributed by atoms with Crippen LogP contribution in [0.5, 0.6) is 0 Å². The fraction of sp³-hybridized carbons (Fsp3) is 0.462.